The van der Waals surface area contributed by atoms with Gasteiger partial charge in [0.2, 0.25) is 5.95 Å². The maximum atomic E-state index is 12.0. The molecule has 1 aromatic heterocycles. The summed E-state index contributed by atoms with van der Waals surface area (Å²) in [6.45, 7) is 6.10. The van der Waals surface area contributed by atoms with E-state index < -0.39 is 10.5 Å². The molecule has 0 unspecified atom stereocenters. The van der Waals surface area contributed by atoms with Gasteiger partial charge in [-0.05, 0) is 39.5 Å². The molecule has 0 atom stereocenters. The van der Waals surface area contributed by atoms with Crippen molar-refractivity contribution in [2.24, 2.45) is 5.92 Å². The largest absolute Gasteiger partial charge is 0.459 e. The Labute approximate surface area is 128 Å². The molecule has 120 valence electrons. The molecule has 0 radical (unpaired) electrons. The van der Waals surface area contributed by atoms with Crippen LogP contribution < -0.4 is 4.90 Å². The number of esters is 1. The zero-order valence-electron chi connectivity index (χ0n) is 13.0. The lowest BCUT2D eigenvalue weighted by Gasteiger charge is -2.25. The molecular weight excluding hydrogens is 288 g/mol. The van der Waals surface area contributed by atoms with Gasteiger partial charge in [-0.1, -0.05) is 0 Å². The van der Waals surface area contributed by atoms with Crippen LogP contribution in [0.1, 0.15) is 33.6 Å². The molecule has 22 heavy (non-hydrogen) atoms. The minimum Gasteiger partial charge on any atom is -0.459 e. The molecule has 1 aliphatic rings. The van der Waals surface area contributed by atoms with Crippen molar-refractivity contribution in [3.05, 3.63) is 22.5 Å². The molecule has 0 bridgehead atoms. The van der Waals surface area contributed by atoms with Crippen LogP contribution in [0.3, 0.4) is 0 Å². The van der Waals surface area contributed by atoms with Gasteiger partial charge in [-0.2, -0.15) is 0 Å². The van der Waals surface area contributed by atoms with E-state index in [0.717, 1.165) is 25.2 Å². The van der Waals surface area contributed by atoms with Crippen molar-refractivity contribution in [2.45, 2.75) is 39.2 Å². The number of anilines is 1. The molecule has 8 heteroatoms. The second-order valence-corrected chi connectivity index (χ2v) is 6.41. The van der Waals surface area contributed by atoms with E-state index in [-0.39, 0.29) is 18.2 Å². The Morgan fingerprint density at radius 2 is 2.00 bits per heavy atom. The van der Waals surface area contributed by atoms with Gasteiger partial charge in [0.1, 0.15) is 24.5 Å². The molecule has 1 fully saturated rings. The summed E-state index contributed by atoms with van der Waals surface area (Å²) < 4.78 is 5.31. The van der Waals surface area contributed by atoms with E-state index in [9.17, 15) is 14.9 Å². The summed E-state index contributed by atoms with van der Waals surface area (Å²) in [6.07, 6.45) is 4.52. The molecule has 0 aromatic carbocycles. The number of carbonyl (C=O) groups excluding carboxylic acids is 1. The zero-order chi connectivity index (χ0) is 16.3. The normalized spacial score (nSPS) is 14.5. The highest BCUT2D eigenvalue weighted by Gasteiger charge is 2.28. The molecule has 0 spiro atoms. The molecule has 8 nitrogen and oxygen atoms in total. The summed E-state index contributed by atoms with van der Waals surface area (Å²) in [4.78, 5) is 31.8. The number of nitro groups is 1. The zero-order valence-corrected chi connectivity index (χ0v) is 13.0. The first-order chi connectivity index (χ1) is 10.2. The van der Waals surface area contributed by atoms with Crippen molar-refractivity contribution in [3.63, 3.8) is 0 Å². The van der Waals surface area contributed by atoms with Gasteiger partial charge in [0.05, 0.1) is 4.92 Å². The van der Waals surface area contributed by atoms with E-state index in [1.807, 2.05) is 0 Å². The molecule has 0 N–H and O–H groups in total. The average molecular weight is 308 g/mol. The Kier molecular flexibility index (Phi) is 4.58. The van der Waals surface area contributed by atoms with Gasteiger partial charge in [0.25, 0.3) is 0 Å². The van der Waals surface area contributed by atoms with E-state index in [4.69, 9.17) is 4.74 Å². The summed E-state index contributed by atoms with van der Waals surface area (Å²) in [5.74, 6) is 0.458. The smallest absolute Gasteiger partial charge is 0.326 e. The van der Waals surface area contributed by atoms with Gasteiger partial charge in [0.15, 0.2) is 0 Å². The molecule has 1 aromatic rings. The first kappa shape index (κ1) is 16.1. The van der Waals surface area contributed by atoms with Crippen LogP contribution in [-0.2, 0) is 9.53 Å². The number of ether oxygens (including phenoxy) is 1. The van der Waals surface area contributed by atoms with Gasteiger partial charge in [-0.15, -0.1) is 0 Å². The van der Waals surface area contributed by atoms with Crippen LogP contribution in [0.4, 0.5) is 11.6 Å². The predicted molar refractivity (Wildman–Crippen MR) is 79.5 cm³/mol. The van der Waals surface area contributed by atoms with Gasteiger partial charge in [-0.3, -0.25) is 14.9 Å². The number of hydrogen-bond acceptors (Lipinski definition) is 7. The minimum atomic E-state index is -0.557. The summed E-state index contributed by atoms with van der Waals surface area (Å²) in [7, 11) is 0. The van der Waals surface area contributed by atoms with Crippen LogP contribution in [0, 0.1) is 16.0 Å². The Morgan fingerprint density at radius 1 is 1.41 bits per heavy atom. The summed E-state index contributed by atoms with van der Waals surface area (Å²) >= 11 is 0. The lowest BCUT2D eigenvalue weighted by atomic mass is 10.2. The third kappa shape index (κ3) is 4.94. The Bertz CT molecular complexity index is 549. The maximum absolute atomic E-state index is 12.0. The van der Waals surface area contributed by atoms with Crippen LogP contribution in [0.2, 0.25) is 0 Å². The quantitative estimate of drug-likeness (QED) is 0.450. The van der Waals surface area contributed by atoms with Crippen molar-refractivity contribution in [1.82, 2.24) is 9.97 Å². The van der Waals surface area contributed by atoms with E-state index in [1.165, 1.54) is 0 Å². The van der Waals surface area contributed by atoms with Gasteiger partial charge < -0.3 is 9.64 Å². The molecule has 1 heterocycles. The molecule has 2 rings (SSSR count). The van der Waals surface area contributed by atoms with E-state index in [0.29, 0.717) is 18.4 Å². The molecule has 1 saturated carbocycles. The maximum Gasteiger partial charge on any atom is 0.326 e. The fourth-order valence-corrected chi connectivity index (χ4v) is 1.93. The Morgan fingerprint density at radius 3 is 2.45 bits per heavy atom. The number of aromatic nitrogens is 2. The van der Waals surface area contributed by atoms with Crippen LogP contribution in [-0.4, -0.2) is 39.6 Å². The number of nitrogens with zero attached hydrogens (tertiary/aromatic N) is 4. The van der Waals surface area contributed by atoms with Gasteiger partial charge in [-0.25, -0.2) is 9.97 Å². The van der Waals surface area contributed by atoms with Gasteiger partial charge in [0, 0.05) is 6.54 Å². The van der Waals surface area contributed by atoms with E-state index in [2.05, 4.69) is 9.97 Å². The van der Waals surface area contributed by atoms with Crippen LogP contribution in [0.25, 0.3) is 0 Å². The third-order valence-corrected chi connectivity index (χ3v) is 3.03. The first-order valence-corrected chi connectivity index (χ1v) is 7.18. The SMILES string of the molecule is CC(C)(C)OC(=O)CN(CC1CC1)c1ncc([N+](=O)[O-])cn1. The van der Waals surface area contributed by atoms with Gasteiger partial charge >= 0.3 is 11.7 Å². The highest BCUT2D eigenvalue weighted by atomic mass is 16.6. The standard InChI is InChI=1S/C14H20N4O4/c1-14(2,3)22-12(19)9-17(8-10-4-5-10)13-15-6-11(7-16-13)18(20)21/h6-7,10H,4-5,8-9H2,1-3H3. The summed E-state index contributed by atoms with van der Waals surface area (Å²) in [6, 6.07) is 0. The average Bonchev–Trinajstić information content (AvgIpc) is 3.20. The summed E-state index contributed by atoms with van der Waals surface area (Å²) in [5.41, 5.74) is -0.731. The second kappa shape index (κ2) is 6.25. The second-order valence-electron chi connectivity index (χ2n) is 6.41. The predicted octanol–water partition coefficient (Wildman–Crippen LogP) is 1.94. The number of carbonyl (C=O) groups is 1. The molecule has 1 aliphatic carbocycles. The lowest BCUT2D eigenvalue weighted by Crippen LogP contribution is -2.37. The van der Waals surface area contributed by atoms with E-state index >= 15 is 0 Å². The van der Waals surface area contributed by atoms with Crippen LogP contribution >= 0.6 is 0 Å². The fourth-order valence-electron chi connectivity index (χ4n) is 1.93. The Balaban J connectivity index is 2.08. The van der Waals surface area contributed by atoms with Crippen LogP contribution in [0.5, 0.6) is 0 Å². The van der Waals surface area contributed by atoms with Crippen molar-refractivity contribution in [1.29, 1.82) is 0 Å². The van der Waals surface area contributed by atoms with Crippen molar-refractivity contribution in [2.75, 3.05) is 18.0 Å². The van der Waals surface area contributed by atoms with Crippen molar-refractivity contribution >= 4 is 17.6 Å². The number of rotatable bonds is 6. The lowest BCUT2D eigenvalue weighted by molar-refractivity contribution is -0.385. The topological polar surface area (TPSA) is 98.5 Å². The highest BCUT2D eigenvalue weighted by molar-refractivity contribution is 5.75. The highest BCUT2D eigenvalue weighted by Crippen LogP contribution is 2.30. The van der Waals surface area contributed by atoms with Crippen LogP contribution in [0.15, 0.2) is 12.4 Å². The molecular formula is C14H20N4O4. The molecule has 0 aliphatic heterocycles. The monoisotopic (exact) mass is 308 g/mol. The van der Waals surface area contributed by atoms with Crippen molar-refractivity contribution < 1.29 is 14.5 Å². The van der Waals surface area contributed by atoms with E-state index in [1.54, 1.807) is 25.7 Å². The Hall–Kier alpha value is -2.25. The summed E-state index contributed by atoms with van der Waals surface area (Å²) in [5, 5.41) is 10.6. The first-order valence-electron chi connectivity index (χ1n) is 7.18. The number of hydrogen-bond donors (Lipinski definition) is 0. The minimum absolute atomic E-state index is 0.0333. The molecule has 0 saturated heterocycles. The van der Waals surface area contributed by atoms with Crippen molar-refractivity contribution in [3.8, 4) is 0 Å². The molecule has 0 amide bonds. The third-order valence-electron chi connectivity index (χ3n) is 3.03. The fraction of sp³-hybridized carbons (Fsp3) is 0.643.